The average Bonchev–Trinajstić information content (AvgIpc) is 3.19. The van der Waals surface area contributed by atoms with Crippen LogP contribution in [0.4, 0.5) is 10.1 Å². The van der Waals surface area contributed by atoms with Gasteiger partial charge in [-0.15, -0.1) is 0 Å². The molecule has 1 aliphatic heterocycles. The number of anilines is 1. The van der Waals surface area contributed by atoms with Crippen LogP contribution in [0.2, 0.25) is 0 Å². The molecule has 0 fully saturated rings. The highest BCUT2D eigenvalue weighted by Gasteiger charge is 2.26. The van der Waals surface area contributed by atoms with Crippen LogP contribution < -0.4 is 10.2 Å². The molecular formula is C23H20FN3O2. The van der Waals surface area contributed by atoms with Gasteiger partial charge in [-0.05, 0) is 54.3 Å². The number of carbonyl (C=O) groups is 2. The summed E-state index contributed by atoms with van der Waals surface area (Å²) < 4.78 is 12.9. The Morgan fingerprint density at radius 1 is 0.966 bits per heavy atom. The molecule has 29 heavy (non-hydrogen) atoms. The van der Waals surface area contributed by atoms with E-state index in [4.69, 9.17) is 0 Å². The fourth-order valence-corrected chi connectivity index (χ4v) is 3.43. The summed E-state index contributed by atoms with van der Waals surface area (Å²) in [6, 6.07) is 18.8. The quantitative estimate of drug-likeness (QED) is 0.728. The zero-order chi connectivity index (χ0) is 20.2. The SMILES string of the molecule is O=C(NCCc1ccc(F)cc1)c1cccc(C(=O)N2CCc3ccccc32)n1. The van der Waals surface area contributed by atoms with Crippen molar-refractivity contribution in [2.75, 3.05) is 18.0 Å². The molecule has 0 bridgehead atoms. The fraction of sp³-hybridized carbons (Fsp3) is 0.174. The zero-order valence-electron chi connectivity index (χ0n) is 15.8. The van der Waals surface area contributed by atoms with Crippen LogP contribution in [0, 0.1) is 5.82 Å². The summed E-state index contributed by atoms with van der Waals surface area (Å²) in [5.74, 6) is -0.844. The molecule has 0 unspecified atom stereocenters. The second kappa shape index (κ2) is 8.22. The lowest BCUT2D eigenvalue weighted by molar-refractivity contribution is 0.0948. The summed E-state index contributed by atoms with van der Waals surface area (Å²) in [6.45, 7) is 0.998. The molecule has 2 aromatic carbocycles. The number of hydrogen-bond acceptors (Lipinski definition) is 3. The third kappa shape index (κ3) is 4.16. The van der Waals surface area contributed by atoms with Crippen molar-refractivity contribution in [3.8, 4) is 0 Å². The highest BCUT2D eigenvalue weighted by Crippen LogP contribution is 2.28. The van der Waals surface area contributed by atoms with Crippen LogP contribution in [0.25, 0.3) is 0 Å². The van der Waals surface area contributed by atoms with Gasteiger partial charge in [-0.2, -0.15) is 0 Å². The lowest BCUT2D eigenvalue weighted by Crippen LogP contribution is -2.31. The van der Waals surface area contributed by atoms with Gasteiger partial charge in [0, 0.05) is 18.8 Å². The monoisotopic (exact) mass is 389 g/mol. The van der Waals surface area contributed by atoms with Gasteiger partial charge in [-0.1, -0.05) is 36.4 Å². The number of pyridine rings is 1. The molecular weight excluding hydrogens is 369 g/mol. The molecule has 1 aromatic heterocycles. The Balaban J connectivity index is 1.41. The third-order valence-electron chi connectivity index (χ3n) is 4.95. The first-order valence-electron chi connectivity index (χ1n) is 9.51. The first kappa shape index (κ1) is 18.8. The molecule has 5 nitrogen and oxygen atoms in total. The number of nitrogens with zero attached hydrogens (tertiary/aromatic N) is 2. The average molecular weight is 389 g/mol. The van der Waals surface area contributed by atoms with E-state index in [1.807, 2.05) is 24.3 Å². The number of carbonyl (C=O) groups excluding carboxylic acids is 2. The number of nitrogens with one attached hydrogen (secondary N) is 1. The van der Waals surface area contributed by atoms with Gasteiger partial charge >= 0.3 is 0 Å². The first-order valence-corrected chi connectivity index (χ1v) is 9.51. The molecule has 1 aliphatic rings. The van der Waals surface area contributed by atoms with Crippen molar-refractivity contribution < 1.29 is 14.0 Å². The molecule has 146 valence electrons. The fourth-order valence-electron chi connectivity index (χ4n) is 3.43. The van der Waals surface area contributed by atoms with E-state index in [1.165, 1.54) is 12.1 Å². The summed E-state index contributed by atoms with van der Waals surface area (Å²) in [5.41, 5.74) is 3.40. The topological polar surface area (TPSA) is 62.3 Å². The van der Waals surface area contributed by atoms with Crippen LogP contribution in [0.3, 0.4) is 0 Å². The van der Waals surface area contributed by atoms with Gasteiger partial charge in [0.15, 0.2) is 0 Å². The molecule has 3 aromatic rings. The maximum atomic E-state index is 12.9. The Bertz CT molecular complexity index is 1050. The Hall–Kier alpha value is -3.54. The number of rotatable bonds is 5. The Morgan fingerprint density at radius 2 is 1.72 bits per heavy atom. The number of para-hydroxylation sites is 1. The molecule has 0 saturated carbocycles. The van der Waals surface area contributed by atoms with Crippen LogP contribution >= 0.6 is 0 Å². The largest absolute Gasteiger partial charge is 0.350 e. The molecule has 4 rings (SSSR count). The minimum absolute atomic E-state index is 0.197. The number of hydrogen-bond donors (Lipinski definition) is 1. The number of halogens is 1. The van der Waals surface area contributed by atoms with E-state index in [2.05, 4.69) is 10.3 Å². The summed E-state index contributed by atoms with van der Waals surface area (Å²) in [5, 5.41) is 2.79. The number of benzene rings is 2. The molecule has 2 heterocycles. The lowest BCUT2D eigenvalue weighted by atomic mass is 10.1. The van der Waals surface area contributed by atoms with E-state index in [-0.39, 0.29) is 29.0 Å². The molecule has 0 saturated heterocycles. The van der Waals surface area contributed by atoms with Crippen molar-refractivity contribution in [3.05, 3.63) is 95.1 Å². The summed E-state index contributed by atoms with van der Waals surface area (Å²) in [4.78, 5) is 31.3. The van der Waals surface area contributed by atoms with Gasteiger partial charge in [-0.3, -0.25) is 9.59 Å². The van der Waals surface area contributed by atoms with Crippen molar-refractivity contribution in [3.63, 3.8) is 0 Å². The molecule has 6 heteroatoms. The van der Waals surface area contributed by atoms with Crippen LogP contribution in [0.1, 0.15) is 32.1 Å². The molecule has 1 N–H and O–H groups in total. The van der Waals surface area contributed by atoms with Crippen molar-refractivity contribution >= 4 is 17.5 Å². The van der Waals surface area contributed by atoms with Gasteiger partial charge in [0.2, 0.25) is 0 Å². The first-order chi connectivity index (χ1) is 14.1. The van der Waals surface area contributed by atoms with Crippen molar-refractivity contribution in [2.45, 2.75) is 12.8 Å². The maximum absolute atomic E-state index is 12.9. The van der Waals surface area contributed by atoms with Crippen LogP contribution in [-0.2, 0) is 12.8 Å². The van der Waals surface area contributed by atoms with Crippen molar-refractivity contribution in [2.24, 2.45) is 0 Å². The molecule has 0 spiro atoms. The van der Waals surface area contributed by atoms with Gasteiger partial charge in [0.05, 0.1) is 0 Å². The number of fused-ring (bicyclic) bond motifs is 1. The zero-order valence-corrected chi connectivity index (χ0v) is 15.8. The summed E-state index contributed by atoms with van der Waals surface area (Å²) in [7, 11) is 0. The van der Waals surface area contributed by atoms with E-state index in [9.17, 15) is 14.0 Å². The Morgan fingerprint density at radius 3 is 2.55 bits per heavy atom. The maximum Gasteiger partial charge on any atom is 0.276 e. The minimum Gasteiger partial charge on any atom is -0.350 e. The standard InChI is InChI=1S/C23H20FN3O2/c24-18-10-8-16(9-11-18)12-14-25-22(28)19-5-3-6-20(26-19)23(29)27-15-13-17-4-1-2-7-21(17)27/h1-11H,12-15H2,(H,25,28). The van der Waals surface area contributed by atoms with Gasteiger partial charge in [0.25, 0.3) is 11.8 Å². The Labute approximate surface area is 168 Å². The van der Waals surface area contributed by atoms with Gasteiger partial charge < -0.3 is 10.2 Å². The molecule has 2 amide bonds. The molecule has 0 radical (unpaired) electrons. The second-order valence-electron chi connectivity index (χ2n) is 6.88. The third-order valence-corrected chi connectivity index (χ3v) is 4.95. The Kier molecular flexibility index (Phi) is 5.33. The summed E-state index contributed by atoms with van der Waals surface area (Å²) in [6.07, 6.45) is 1.39. The summed E-state index contributed by atoms with van der Waals surface area (Å²) >= 11 is 0. The van der Waals surface area contributed by atoms with Crippen LogP contribution in [0.5, 0.6) is 0 Å². The van der Waals surface area contributed by atoms with E-state index < -0.39 is 0 Å². The van der Waals surface area contributed by atoms with Gasteiger partial charge in [0.1, 0.15) is 17.2 Å². The van der Waals surface area contributed by atoms with Crippen molar-refractivity contribution in [1.82, 2.24) is 10.3 Å². The predicted octanol–water partition coefficient (Wildman–Crippen LogP) is 3.40. The van der Waals surface area contributed by atoms with Crippen molar-refractivity contribution in [1.29, 1.82) is 0 Å². The highest BCUT2D eigenvalue weighted by atomic mass is 19.1. The van der Waals surface area contributed by atoms with E-state index in [0.29, 0.717) is 19.5 Å². The number of aromatic nitrogens is 1. The smallest absolute Gasteiger partial charge is 0.276 e. The predicted molar refractivity (Wildman–Crippen MR) is 108 cm³/mol. The minimum atomic E-state index is -0.344. The number of amides is 2. The van der Waals surface area contributed by atoms with Crippen LogP contribution in [0.15, 0.2) is 66.7 Å². The van der Waals surface area contributed by atoms with E-state index in [0.717, 1.165) is 23.2 Å². The van der Waals surface area contributed by atoms with Crippen LogP contribution in [-0.4, -0.2) is 29.9 Å². The lowest BCUT2D eigenvalue weighted by Gasteiger charge is -2.17. The van der Waals surface area contributed by atoms with Gasteiger partial charge in [-0.25, -0.2) is 9.37 Å². The molecule has 0 aliphatic carbocycles. The molecule has 0 atom stereocenters. The normalized spacial score (nSPS) is 12.5. The second-order valence-corrected chi connectivity index (χ2v) is 6.88. The van der Waals surface area contributed by atoms with E-state index >= 15 is 0 Å². The highest BCUT2D eigenvalue weighted by molar-refractivity contribution is 6.06. The van der Waals surface area contributed by atoms with E-state index in [1.54, 1.807) is 35.2 Å².